The van der Waals surface area contributed by atoms with Gasteiger partial charge in [-0.05, 0) is 26.2 Å². The quantitative estimate of drug-likeness (QED) is 0.705. The summed E-state index contributed by atoms with van der Waals surface area (Å²) in [5, 5.41) is 7.49. The Kier molecular flexibility index (Phi) is 5.36. The minimum absolute atomic E-state index is 0.0340. The highest BCUT2D eigenvalue weighted by molar-refractivity contribution is 5.80. The topological polar surface area (TPSA) is 88.8 Å². The van der Waals surface area contributed by atoms with Gasteiger partial charge in [-0.25, -0.2) is 4.63 Å². The number of piperidine rings is 1. The van der Waals surface area contributed by atoms with E-state index in [2.05, 4.69) is 14.9 Å². The summed E-state index contributed by atoms with van der Waals surface area (Å²) in [6, 6.07) is 0. The summed E-state index contributed by atoms with van der Waals surface area (Å²) in [5.41, 5.74) is 1.30. The second-order valence-electron chi connectivity index (χ2n) is 7.19. The molecular weight excluding hydrogens is 324 g/mol. The van der Waals surface area contributed by atoms with E-state index in [0.717, 1.165) is 32.4 Å². The molecule has 0 aliphatic carbocycles. The van der Waals surface area contributed by atoms with Crippen molar-refractivity contribution in [2.75, 3.05) is 39.9 Å². The molecule has 8 heteroatoms. The molecule has 2 amide bonds. The lowest BCUT2D eigenvalue weighted by Gasteiger charge is -2.38. The molecule has 0 saturated carbocycles. The number of aromatic nitrogens is 2. The Morgan fingerprint density at radius 3 is 2.72 bits per heavy atom. The van der Waals surface area contributed by atoms with Gasteiger partial charge in [-0.15, -0.1) is 0 Å². The van der Waals surface area contributed by atoms with Gasteiger partial charge in [0, 0.05) is 51.7 Å². The molecular formula is C17H26N4O4. The molecule has 1 aromatic rings. The summed E-state index contributed by atoms with van der Waals surface area (Å²) in [6.07, 6.45) is 3.45. The Morgan fingerprint density at radius 2 is 2.08 bits per heavy atom. The van der Waals surface area contributed by atoms with Crippen molar-refractivity contribution >= 4 is 11.8 Å². The molecule has 2 fully saturated rings. The van der Waals surface area contributed by atoms with Gasteiger partial charge in [-0.2, -0.15) is 0 Å². The van der Waals surface area contributed by atoms with Crippen LogP contribution in [0.25, 0.3) is 0 Å². The van der Waals surface area contributed by atoms with Crippen molar-refractivity contribution in [2.45, 2.75) is 39.0 Å². The lowest BCUT2D eigenvalue weighted by molar-refractivity contribution is -0.132. The van der Waals surface area contributed by atoms with E-state index in [1.54, 1.807) is 14.0 Å². The number of ether oxygens (including phenoxy) is 1. The van der Waals surface area contributed by atoms with E-state index < -0.39 is 0 Å². The number of methoxy groups -OCH3 is 1. The Morgan fingerprint density at radius 1 is 1.32 bits per heavy atom. The maximum absolute atomic E-state index is 12.4. The lowest BCUT2D eigenvalue weighted by Crippen LogP contribution is -2.45. The molecule has 0 unspecified atom stereocenters. The van der Waals surface area contributed by atoms with Crippen LogP contribution in [0.3, 0.4) is 0 Å². The number of nitrogens with zero attached hydrogens (tertiary/aromatic N) is 4. The fourth-order valence-electron chi connectivity index (χ4n) is 3.82. The van der Waals surface area contributed by atoms with Gasteiger partial charge in [0.05, 0.1) is 6.42 Å². The number of likely N-dealkylation sites (tertiary alicyclic amines) is 2. The first-order valence-corrected chi connectivity index (χ1v) is 8.85. The summed E-state index contributed by atoms with van der Waals surface area (Å²) in [4.78, 5) is 28.6. The SMILES string of the molecule is COCCCN1CC2(CCN(C(=O)Cc3nonc3C)CC2)CC1=O. The van der Waals surface area contributed by atoms with Crippen molar-refractivity contribution in [1.82, 2.24) is 20.1 Å². The summed E-state index contributed by atoms with van der Waals surface area (Å²) in [6.45, 7) is 5.42. The number of carbonyl (C=O) groups excluding carboxylic acids is 2. The van der Waals surface area contributed by atoms with Crippen LogP contribution in [-0.4, -0.2) is 71.8 Å². The van der Waals surface area contributed by atoms with Crippen molar-refractivity contribution in [1.29, 1.82) is 0 Å². The van der Waals surface area contributed by atoms with Gasteiger partial charge >= 0.3 is 0 Å². The van der Waals surface area contributed by atoms with Gasteiger partial charge < -0.3 is 14.5 Å². The van der Waals surface area contributed by atoms with Gasteiger partial charge in [0.2, 0.25) is 11.8 Å². The number of rotatable bonds is 6. The van der Waals surface area contributed by atoms with Crippen LogP contribution < -0.4 is 0 Å². The zero-order valence-electron chi connectivity index (χ0n) is 15.0. The Bertz CT molecular complexity index is 622. The van der Waals surface area contributed by atoms with Gasteiger partial charge in [0.25, 0.3) is 0 Å². The summed E-state index contributed by atoms with van der Waals surface area (Å²) in [5.74, 6) is 0.287. The molecule has 3 heterocycles. The zero-order valence-corrected chi connectivity index (χ0v) is 15.0. The molecule has 3 rings (SSSR count). The summed E-state index contributed by atoms with van der Waals surface area (Å²) < 4.78 is 9.72. The molecule has 0 radical (unpaired) electrons. The molecule has 1 aromatic heterocycles. The predicted molar refractivity (Wildman–Crippen MR) is 88.7 cm³/mol. The van der Waals surface area contributed by atoms with E-state index in [9.17, 15) is 9.59 Å². The van der Waals surface area contributed by atoms with Gasteiger partial charge in [-0.1, -0.05) is 10.3 Å². The highest BCUT2D eigenvalue weighted by Crippen LogP contribution is 2.41. The molecule has 25 heavy (non-hydrogen) atoms. The monoisotopic (exact) mass is 350 g/mol. The van der Waals surface area contributed by atoms with E-state index in [0.29, 0.717) is 37.5 Å². The zero-order chi connectivity index (χ0) is 17.9. The van der Waals surface area contributed by atoms with Crippen molar-refractivity contribution in [3.8, 4) is 0 Å². The number of amides is 2. The van der Waals surface area contributed by atoms with Crippen LogP contribution >= 0.6 is 0 Å². The second-order valence-corrected chi connectivity index (χ2v) is 7.19. The number of carbonyl (C=O) groups is 2. The van der Waals surface area contributed by atoms with E-state index in [4.69, 9.17) is 4.74 Å². The third kappa shape index (κ3) is 4.00. The maximum Gasteiger partial charge on any atom is 0.228 e. The average molecular weight is 350 g/mol. The normalized spacial score (nSPS) is 19.8. The molecule has 2 aliphatic rings. The van der Waals surface area contributed by atoms with Gasteiger partial charge in [0.1, 0.15) is 11.4 Å². The minimum Gasteiger partial charge on any atom is -0.385 e. The van der Waals surface area contributed by atoms with Crippen LogP contribution in [0.1, 0.15) is 37.1 Å². The van der Waals surface area contributed by atoms with Crippen LogP contribution in [0, 0.1) is 12.3 Å². The van der Waals surface area contributed by atoms with Crippen LogP contribution in [0.5, 0.6) is 0 Å². The number of hydrogen-bond donors (Lipinski definition) is 0. The highest BCUT2D eigenvalue weighted by Gasteiger charge is 2.45. The largest absolute Gasteiger partial charge is 0.385 e. The molecule has 138 valence electrons. The van der Waals surface area contributed by atoms with Gasteiger partial charge in [-0.3, -0.25) is 9.59 Å². The highest BCUT2D eigenvalue weighted by atomic mass is 16.6. The third-order valence-corrected chi connectivity index (χ3v) is 5.42. The molecule has 8 nitrogen and oxygen atoms in total. The lowest BCUT2D eigenvalue weighted by atomic mass is 9.77. The van der Waals surface area contributed by atoms with Crippen LogP contribution in [0.4, 0.5) is 0 Å². The van der Waals surface area contributed by atoms with Crippen molar-refractivity contribution in [3.05, 3.63) is 11.4 Å². The Hall–Kier alpha value is -1.96. The molecule has 0 N–H and O–H groups in total. The Labute approximate surface area is 147 Å². The van der Waals surface area contributed by atoms with Crippen molar-refractivity contribution in [2.24, 2.45) is 5.41 Å². The fourth-order valence-corrected chi connectivity index (χ4v) is 3.82. The molecule has 0 bridgehead atoms. The van der Waals surface area contributed by atoms with E-state index in [1.807, 2.05) is 9.80 Å². The maximum atomic E-state index is 12.4. The summed E-state index contributed by atoms with van der Waals surface area (Å²) >= 11 is 0. The summed E-state index contributed by atoms with van der Waals surface area (Å²) in [7, 11) is 1.68. The van der Waals surface area contributed by atoms with Crippen LogP contribution in [0.2, 0.25) is 0 Å². The van der Waals surface area contributed by atoms with Gasteiger partial charge in [0.15, 0.2) is 0 Å². The molecule has 0 atom stereocenters. The average Bonchev–Trinajstić information content (AvgIpc) is 3.12. The minimum atomic E-state index is 0.0340. The predicted octanol–water partition coefficient (Wildman–Crippen LogP) is 0.798. The first-order chi connectivity index (χ1) is 12.0. The van der Waals surface area contributed by atoms with Crippen LogP contribution in [0.15, 0.2) is 4.63 Å². The smallest absolute Gasteiger partial charge is 0.228 e. The molecule has 2 aliphatic heterocycles. The Balaban J connectivity index is 1.50. The van der Waals surface area contributed by atoms with E-state index >= 15 is 0 Å². The standard InChI is InChI=1S/C17H26N4O4/c1-13-14(19-25-18-13)10-15(22)20-7-4-17(5-8-20)11-16(23)21(12-17)6-3-9-24-2/h3-12H2,1-2H3. The third-order valence-electron chi connectivity index (χ3n) is 5.42. The molecule has 0 aromatic carbocycles. The first kappa shape index (κ1) is 17.8. The van der Waals surface area contributed by atoms with Crippen molar-refractivity contribution in [3.63, 3.8) is 0 Å². The molecule has 2 saturated heterocycles. The van der Waals surface area contributed by atoms with Crippen molar-refractivity contribution < 1.29 is 19.0 Å². The number of aryl methyl sites for hydroxylation is 1. The second kappa shape index (κ2) is 7.51. The fraction of sp³-hybridized carbons (Fsp3) is 0.765. The van der Waals surface area contributed by atoms with Crippen LogP contribution in [-0.2, 0) is 20.7 Å². The van der Waals surface area contributed by atoms with E-state index in [-0.39, 0.29) is 23.7 Å². The van der Waals surface area contributed by atoms with E-state index in [1.165, 1.54) is 0 Å². The number of hydrogen-bond acceptors (Lipinski definition) is 6. The first-order valence-electron chi connectivity index (χ1n) is 8.85. The molecule has 1 spiro atoms.